The molecule has 0 radical (unpaired) electrons. The lowest BCUT2D eigenvalue weighted by molar-refractivity contribution is -0.116. The third kappa shape index (κ3) is 4.49. The first-order valence-corrected chi connectivity index (χ1v) is 9.53. The molecule has 1 aliphatic heterocycles. The van der Waals surface area contributed by atoms with Gasteiger partial charge in [0.25, 0.3) is 11.8 Å². The number of rotatable bonds is 6. The average Bonchev–Trinajstić information content (AvgIpc) is 3.35. The van der Waals surface area contributed by atoms with Gasteiger partial charge in [-0.15, -0.1) is 11.3 Å². The summed E-state index contributed by atoms with van der Waals surface area (Å²) in [6.45, 7) is 1.76. The van der Waals surface area contributed by atoms with Crippen molar-refractivity contribution in [3.8, 4) is 0 Å². The summed E-state index contributed by atoms with van der Waals surface area (Å²) in [5.74, 6) is -0.472. The van der Waals surface area contributed by atoms with Gasteiger partial charge in [0.1, 0.15) is 0 Å². The van der Waals surface area contributed by atoms with Crippen LogP contribution in [0.2, 0.25) is 0 Å². The topological polar surface area (TPSA) is 78.5 Å². The van der Waals surface area contributed by atoms with Gasteiger partial charge in [-0.25, -0.2) is 0 Å². The van der Waals surface area contributed by atoms with Crippen LogP contribution in [0.3, 0.4) is 0 Å². The fourth-order valence-corrected chi connectivity index (χ4v) is 3.51. The molecule has 1 saturated heterocycles. The number of thiophene rings is 1. The molecular formula is C19H21N3O3S. The number of benzene rings is 1. The van der Waals surface area contributed by atoms with Gasteiger partial charge < -0.3 is 15.5 Å². The Labute approximate surface area is 156 Å². The molecule has 0 unspecified atom stereocenters. The van der Waals surface area contributed by atoms with Crippen LogP contribution in [-0.2, 0) is 4.79 Å². The van der Waals surface area contributed by atoms with E-state index in [1.165, 1.54) is 11.3 Å². The highest BCUT2D eigenvalue weighted by Gasteiger charge is 2.22. The fraction of sp³-hybridized carbons (Fsp3) is 0.316. The Hall–Kier alpha value is -2.67. The van der Waals surface area contributed by atoms with E-state index < -0.39 is 0 Å². The number of anilines is 1. The first-order valence-electron chi connectivity index (χ1n) is 8.65. The van der Waals surface area contributed by atoms with Gasteiger partial charge in [-0.1, -0.05) is 18.2 Å². The van der Waals surface area contributed by atoms with Gasteiger partial charge in [0.15, 0.2) is 0 Å². The molecule has 7 heteroatoms. The van der Waals surface area contributed by atoms with Crippen molar-refractivity contribution in [3.63, 3.8) is 0 Å². The molecule has 0 atom stereocenters. The number of para-hydroxylation sites is 1. The van der Waals surface area contributed by atoms with Crippen molar-refractivity contribution in [2.24, 2.45) is 0 Å². The Balaban J connectivity index is 1.54. The van der Waals surface area contributed by atoms with Gasteiger partial charge in [-0.05, 0) is 36.4 Å². The number of amides is 3. The molecule has 2 N–H and O–H groups in total. The summed E-state index contributed by atoms with van der Waals surface area (Å²) >= 11 is 1.35. The lowest BCUT2D eigenvalue weighted by Gasteiger charge is -2.18. The van der Waals surface area contributed by atoms with Crippen LogP contribution in [0.4, 0.5) is 5.69 Å². The number of hydrogen-bond donors (Lipinski definition) is 2. The van der Waals surface area contributed by atoms with E-state index >= 15 is 0 Å². The van der Waals surface area contributed by atoms with Crippen LogP contribution in [0.15, 0.2) is 41.8 Å². The molecule has 136 valence electrons. The molecule has 1 aromatic carbocycles. The van der Waals surface area contributed by atoms with Gasteiger partial charge in [0.05, 0.1) is 16.1 Å². The summed E-state index contributed by atoms with van der Waals surface area (Å²) in [5.41, 5.74) is 1.02. The average molecular weight is 371 g/mol. The highest BCUT2D eigenvalue weighted by molar-refractivity contribution is 7.12. The number of carbonyl (C=O) groups is 3. The zero-order chi connectivity index (χ0) is 18.4. The van der Waals surface area contributed by atoms with Crippen LogP contribution in [0.25, 0.3) is 0 Å². The molecule has 0 saturated carbocycles. The normalized spacial score (nSPS) is 13.5. The third-order valence-electron chi connectivity index (χ3n) is 4.21. The minimum atomic E-state index is -0.238. The molecule has 0 aliphatic carbocycles. The van der Waals surface area contributed by atoms with Crippen LogP contribution in [-0.4, -0.2) is 42.3 Å². The van der Waals surface area contributed by atoms with E-state index in [9.17, 15) is 14.4 Å². The lowest BCUT2D eigenvalue weighted by atomic mass is 10.1. The molecule has 1 fully saturated rings. The molecule has 2 aromatic rings. The van der Waals surface area contributed by atoms with E-state index in [-0.39, 0.29) is 30.7 Å². The minimum absolute atomic E-state index is 0.0515. The van der Waals surface area contributed by atoms with Crippen LogP contribution >= 0.6 is 11.3 Å². The van der Waals surface area contributed by atoms with Crippen LogP contribution in [0, 0.1) is 0 Å². The van der Waals surface area contributed by atoms with E-state index in [4.69, 9.17) is 0 Å². The summed E-state index contributed by atoms with van der Waals surface area (Å²) < 4.78 is 0. The predicted molar refractivity (Wildman–Crippen MR) is 101 cm³/mol. The van der Waals surface area contributed by atoms with Crippen LogP contribution < -0.4 is 10.6 Å². The molecule has 3 rings (SSSR count). The fourth-order valence-electron chi connectivity index (χ4n) is 2.87. The first-order chi connectivity index (χ1) is 12.6. The van der Waals surface area contributed by atoms with Crippen molar-refractivity contribution in [1.82, 2.24) is 10.2 Å². The highest BCUT2D eigenvalue weighted by atomic mass is 32.1. The molecule has 1 aromatic heterocycles. The van der Waals surface area contributed by atoms with Gasteiger partial charge >= 0.3 is 0 Å². The second-order valence-corrected chi connectivity index (χ2v) is 7.02. The number of likely N-dealkylation sites (tertiary alicyclic amines) is 1. The van der Waals surface area contributed by atoms with E-state index in [1.807, 2.05) is 10.3 Å². The summed E-state index contributed by atoms with van der Waals surface area (Å²) in [5, 5.41) is 7.34. The molecule has 0 spiro atoms. The monoisotopic (exact) mass is 371 g/mol. The Morgan fingerprint density at radius 2 is 1.81 bits per heavy atom. The maximum Gasteiger partial charge on any atom is 0.261 e. The van der Waals surface area contributed by atoms with Gasteiger partial charge in [0, 0.05) is 26.1 Å². The van der Waals surface area contributed by atoms with Crippen LogP contribution in [0.5, 0.6) is 0 Å². The second-order valence-electron chi connectivity index (χ2n) is 6.08. The SMILES string of the molecule is O=C(CCNC(=O)c1cccs1)Nc1ccccc1C(=O)N1CCCC1. The molecule has 2 heterocycles. The minimum Gasteiger partial charge on any atom is -0.351 e. The van der Waals surface area contributed by atoms with Gasteiger partial charge in [-0.3, -0.25) is 14.4 Å². The zero-order valence-corrected chi connectivity index (χ0v) is 15.2. The van der Waals surface area contributed by atoms with Gasteiger partial charge in [-0.2, -0.15) is 0 Å². The Bertz CT molecular complexity index is 783. The standard InChI is InChI=1S/C19H21N3O3S/c23-17(9-10-20-18(24)16-8-5-13-26-16)21-15-7-2-1-6-14(15)19(25)22-11-3-4-12-22/h1-2,5-8,13H,3-4,9-12H2,(H,20,24)(H,21,23). The second kappa shape index (κ2) is 8.62. The number of nitrogens with zero attached hydrogens (tertiary/aromatic N) is 1. The Morgan fingerprint density at radius 1 is 1.04 bits per heavy atom. The van der Waals surface area contributed by atoms with E-state index in [2.05, 4.69) is 10.6 Å². The zero-order valence-electron chi connectivity index (χ0n) is 14.4. The van der Waals surface area contributed by atoms with Crippen molar-refractivity contribution in [2.75, 3.05) is 25.0 Å². The van der Waals surface area contributed by atoms with E-state index in [0.29, 0.717) is 16.1 Å². The van der Waals surface area contributed by atoms with Gasteiger partial charge in [0.2, 0.25) is 5.91 Å². The van der Waals surface area contributed by atoms with Crippen molar-refractivity contribution < 1.29 is 14.4 Å². The predicted octanol–water partition coefficient (Wildman–Crippen LogP) is 2.74. The Kier molecular flexibility index (Phi) is 6.01. The van der Waals surface area contributed by atoms with Crippen molar-refractivity contribution in [1.29, 1.82) is 0 Å². The molecule has 0 bridgehead atoms. The maximum atomic E-state index is 12.6. The summed E-state index contributed by atoms with van der Waals surface area (Å²) in [6.07, 6.45) is 2.18. The van der Waals surface area contributed by atoms with Crippen molar-refractivity contribution in [2.45, 2.75) is 19.3 Å². The van der Waals surface area contributed by atoms with Crippen molar-refractivity contribution in [3.05, 3.63) is 52.2 Å². The number of nitrogens with one attached hydrogen (secondary N) is 2. The summed E-state index contributed by atoms with van der Waals surface area (Å²) in [6, 6.07) is 10.6. The van der Waals surface area contributed by atoms with Crippen molar-refractivity contribution >= 4 is 34.7 Å². The number of hydrogen-bond acceptors (Lipinski definition) is 4. The molecule has 6 nitrogen and oxygen atoms in total. The molecule has 26 heavy (non-hydrogen) atoms. The van der Waals surface area contributed by atoms with E-state index in [1.54, 1.807) is 36.4 Å². The number of carbonyl (C=O) groups excluding carboxylic acids is 3. The first kappa shape index (κ1) is 18.1. The quantitative estimate of drug-likeness (QED) is 0.819. The molecule has 3 amide bonds. The molecular weight excluding hydrogens is 350 g/mol. The van der Waals surface area contributed by atoms with Crippen LogP contribution in [0.1, 0.15) is 39.3 Å². The highest BCUT2D eigenvalue weighted by Crippen LogP contribution is 2.20. The largest absolute Gasteiger partial charge is 0.351 e. The molecule has 1 aliphatic rings. The summed E-state index contributed by atoms with van der Waals surface area (Å²) in [4.78, 5) is 39.1. The summed E-state index contributed by atoms with van der Waals surface area (Å²) in [7, 11) is 0. The Morgan fingerprint density at radius 3 is 2.54 bits per heavy atom. The third-order valence-corrected chi connectivity index (χ3v) is 5.08. The lowest BCUT2D eigenvalue weighted by Crippen LogP contribution is -2.29. The smallest absolute Gasteiger partial charge is 0.261 e. The van der Waals surface area contributed by atoms with E-state index in [0.717, 1.165) is 25.9 Å². The maximum absolute atomic E-state index is 12.6.